The van der Waals surface area contributed by atoms with Crippen LogP contribution in [0.1, 0.15) is 33.1 Å². The number of rotatable bonds is 4. The second kappa shape index (κ2) is 6.33. The molecule has 0 N–H and O–H groups in total. The third-order valence-electron chi connectivity index (χ3n) is 5.10. The van der Waals surface area contributed by atoms with Gasteiger partial charge in [-0.15, -0.1) is 0 Å². The lowest BCUT2D eigenvalue weighted by Crippen LogP contribution is -2.71. The summed E-state index contributed by atoms with van der Waals surface area (Å²) in [7, 11) is -3.16. The van der Waals surface area contributed by atoms with Crippen molar-refractivity contribution < 1.29 is 17.9 Å². The number of sulfone groups is 1. The Kier molecular flexibility index (Phi) is 4.73. The number of carbonyl (C=O) groups is 1. The lowest BCUT2D eigenvalue weighted by molar-refractivity contribution is -0.166. The molecule has 3 aliphatic rings. The topological polar surface area (TPSA) is 66.9 Å². The Morgan fingerprint density at radius 3 is 2.48 bits per heavy atom. The van der Waals surface area contributed by atoms with Crippen LogP contribution >= 0.6 is 0 Å². The van der Waals surface area contributed by atoms with Crippen molar-refractivity contribution in [3.8, 4) is 0 Å². The van der Waals surface area contributed by atoms with Crippen molar-refractivity contribution in [2.75, 3.05) is 45.1 Å². The second-order valence-corrected chi connectivity index (χ2v) is 10.1. The van der Waals surface area contributed by atoms with Gasteiger partial charge in [-0.25, -0.2) is 8.42 Å². The molecule has 0 aromatic heterocycles. The number of nitrogens with zero attached hydrogens (tertiary/aromatic N) is 2. The van der Waals surface area contributed by atoms with Crippen molar-refractivity contribution >= 4 is 15.7 Å². The zero-order valence-electron chi connectivity index (χ0n) is 14.2. The SMILES string of the molecule is CC(C)CC(=O)N1CC2(C1)CS(=O)(=O)[C@@H](CN1CCCC1)CO2. The van der Waals surface area contributed by atoms with Crippen LogP contribution < -0.4 is 0 Å². The van der Waals surface area contributed by atoms with Gasteiger partial charge in [0.25, 0.3) is 0 Å². The molecule has 3 fully saturated rings. The van der Waals surface area contributed by atoms with Crippen LogP contribution in [0, 0.1) is 5.92 Å². The lowest BCUT2D eigenvalue weighted by Gasteiger charge is -2.52. The van der Waals surface area contributed by atoms with E-state index in [1.54, 1.807) is 4.90 Å². The van der Waals surface area contributed by atoms with Crippen LogP contribution in [0.15, 0.2) is 0 Å². The van der Waals surface area contributed by atoms with Gasteiger partial charge >= 0.3 is 0 Å². The Morgan fingerprint density at radius 2 is 1.91 bits per heavy atom. The summed E-state index contributed by atoms with van der Waals surface area (Å²) in [5.41, 5.74) is -0.646. The molecular formula is C16H28N2O4S. The minimum atomic E-state index is -3.16. The summed E-state index contributed by atoms with van der Waals surface area (Å²) in [4.78, 5) is 16.0. The molecule has 0 radical (unpaired) electrons. The molecule has 0 aromatic carbocycles. The maximum absolute atomic E-state index is 12.6. The van der Waals surface area contributed by atoms with E-state index in [-0.39, 0.29) is 18.3 Å². The lowest BCUT2D eigenvalue weighted by atomic mass is 9.94. The predicted octanol–water partition coefficient (Wildman–Crippen LogP) is 0.523. The maximum Gasteiger partial charge on any atom is 0.223 e. The minimum absolute atomic E-state index is 0.0595. The first-order valence-electron chi connectivity index (χ1n) is 8.65. The Hall–Kier alpha value is -0.660. The predicted molar refractivity (Wildman–Crippen MR) is 88.0 cm³/mol. The Morgan fingerprint density at radius 1 is 1.26 bits per heavy atom. The summed E-state index contributed by atoms with van der Waals surface area (Å²) in [5.74, 6) is 0.481. The summed E-state index contributed by atoms with van der Waals surface area (Å²) in [6.45, 7) is 7.72. The van der Waals surface area contributed by atoms with E-state index in [2.05, 4.69) is 4.90 Å². The molecule has 3 saturated heterocycles. The van der Waals surface area contributed by atoms with E-state index in [9.17, 15) is 13.2 Å². The van der Waals surface area contributed by atoms with E-state index >= 15 is 0 Å². The van der Waals surface area contributed by atoms with Crippen molar-refractivity contribution in [2.45, 2.75) is 44.0 Å². The molecule has 0 bridgehead atoms. The summed E-state index contributed by atoms with van der Waals surface area (Å²) in [5, 5.41) is -0.411. The largest absolute Gasteiger partial charge is 0.369 e. The van der Waals surface area contributed by atoms with Gasteiger partial charge in [0, 0.05) is 13.0 Å². The van der Waals surface area contributed by atoms with Gasteiger partial charge in [-0.1, -0.05) is 13.8 Å². The summed E-state index contributed by atoms with van der Waals surface area (Å²) in [6, 6.07) is 0. The molecule has 1 atom stereocenters. The molecule has 132 valence electrons. The molecule has 7 heteroatoms. The van der Waals surface area contributed by atoms with Gasteiger partial charge in [-0.05, 0) is 31.8 Å². The van der Waals surface area contributed by atoms with Crippen LogP contribution in [-0.2, 0) is 19.4 Å². The molecular weight excluding hydrogens is 316 g/mol. The fraction of sp³-hybridized carbons (Fsp3) is 0.938. The van der Waals surface area contributed by atoms with Crippen molar-refractivity contribution in [2.24, 2.45) is 5.92 Å². The third kappa shape index (κ3) is 3.72. The number of hydrogen-bond donors (Lipinski definition) is 0. The van der Waals surface area contributed by atoms with Gasteiger partial charge in [-0.3, -0.25) is 4.79 Å². The van der Waals surface area contributed by atoms with Gasteiger partial charge < -0.3 is 14.5 Å². The highest BCUT2D eigenvalue weighted by Gasteiger charge is 2.53. The van der Waals surface area contributed by atoms with Gasteiger partial charge in [0.1, 0.15) is 5.60 Å². The van der Waals surface area contributed by atoms with Crippen LogP contribution in [0.4, 0.5) is 0 Å². The van der Waals surface area contributed by atoms with Crippen LogP contribution in [0.5, 0.6) is 0 Å². The number of amides is 1. The number of hydrogen-bond acceptors (Lipinski definition) is 5. The van der Waals surface area contributed by atoms with Crippen LogP contribution in [0.25, 0.3) is 0 Å². The molecule has 6 nitrogen and oxygen atoms in total. The van der Waals surface area contributed by atoms with Crippen molar-refractivity contribution in [3.05, 3.63) is 0 Å². The molecule has 0 aromatic rings. The summed E-state index contributed by atoms with van der Waals surface area (Å²) in [6.07, 6.45) is 2.83. The van der Waals surface area contributed by atoms with Crippen LogP contribution in [-0.4, -0.2) is 80.1 Å². The number of ether oxygens (including phenoxy) is 1. The van der Waals surface area contributed by atoms with E-state index in [0.29, 0.717) is 32.0 Å². The van der Waals surface area contributed by atoms with Gasteiger partial charge in [0.15, 0.2) is 9.84 Å². The zero-order valence-corrected chi connectivity index (χ0v) is 15.0. The minimum Gasteiger partial charge on any atom is -0.369 e. The summed E-state index contributed by atoms with van der Waals surface area (Å²) < 4.78 is 31.2. The smallest absolute Gasteiger partial charge is 0.223 e. The quantitative estimate of drug-likeness (QED) is 0.744. The first-order valence-corrected chi connectivity index (χ1v) is 10.4. The molecule has 23 heavy (non-hydrogen) atoms. The first kappa shape index (κ1) is 17.2. The highest BCUT2D eigenvalue weighted by Crippen LogP contribution is 2.33. The Balaban J connectivity index is 1.55. The van der Waals surface area contributed by atoms with Gasteiger partial charge in [-0.2, -0.15) is 0 Å². The average molecular weight is 344 g/mol. The van der Waals surface area contributed by atoms with E-state index in [0.717, 1.165) is 25.9 Å². The Bertz CT molecular complexity index is 548. The van der Waals surface area contributed by atoms with Crippen molar-refractivity contribution in [1.82, 2.24) is 9.80 Å². The first-order chi connectivity index (χ1) is 10.8. The molecule has 3 rings (SSSR count). The van der Waals surface area contributed by atoms with E-state index in [4.69, 9.17) is 4.74 Å². The maximum atomic E-state index is 12.6. The number of carbonyl (C=O) groups excluding carboxylic acids is 1. The summed E-state index contributed by atoms with van der Waals surface area (Å²) >= 11 is 0. The third-order valence-corrected chi connectivity index (χ3v) is 7.33. The van der Waals surface area contributed by atoms with Crippen LogP contribution in [0.2, 0.25) is 0 Å². The molecule has 3 heterocycles. The fourth-order valence-electron chi connectivity index (χ4n) is 3.81. The van der Waals surface area contributed by atoms with Crippen molar-refractivity contribution in [1.29, 1.82) is 0 Å². The van der Waals surface area contributed by atoms with Crippen molar-refractivity contribution in [3.63, 3.8) is 0 Å². The molecule has 0 saturated carbocycles. The highest BCUT2D eigenvalue weighted by molar-refractivity contribution is 7.92. The van der Waals surface area contributed by atoms with E-state index in [1.807, 2.05) is 13.8 Å². The Labute approximate surface area is 139 Å². The highest BCUT2D eigenvalue weighted by atomic mass is 32.2. The molecule has 0 aliphatic carbocycles. The zero-order chi connectivity index (χ0) is 16.7. The molecule has 3 aliphatic heterocycles. The fourth-order valence-corrected chi connectivity index (χ4v) is 5.75. The molecule has 0 unspecified atom stereocenters. The monoisotopic (exact) mass is 344 g/mol. The number of likely N-dealkylation sites (tertiary alicyclic amines) is 2. The van der Waals surface area contributed by atoms with Gasteiger partial charge in [0.2, 0.25) is 5.91 Å². The average Bonchev–Trinajstić information content (AvgIpc) is 2.90. The van der Waals surface area contributed by atoms with Gasteiger partial charge in [0.05, 0.1) is 30.7 Å². The normalized spacial score (nSPS) is 29.9. The van der Waals surface area contributed by atoms with E-state index < -0.39 is 20.7 Å². The standard InChI is InChI=1S/C16H28N2O4S/c1-13(2)7-15(19)18-10-16(11-18)12-23(20,21)14(9-22-16)8-17-5-3-4-6-17/h13-14H,3-12H2,1-2H3/t14-/m0/s1. The molecule has 1 amide bonds. The molecule has 1 spiro atoms. The van der Waals surface area contributed by atoms with Crippen LogP contribution in [0.3, 0.4) is 0 Å². The van der Waals surface area contributed by atoms with E-state index in [1.165, 1.54) is 0 Å². The second-order valence-electron chi connectivity index (χ2n) is 7.78.